The third-order valence-corrected chi connectivity index (χ3v) is 4.24. The van der Waals surface area contributed by atoms with E-state index < -0.39 is 0 Å². The molecule has 1 aromatic rings. The molecule has 1 heterocycles. The van der Waals surface area contributed by atoms with Crippen LogP contribution in [0.1, 0.15) is 31.2 Å². The van der Waals surface area contributed by atoms with Gasteiger partial charge in [-0.05, 0) is 37.0 Å². The van der Waals surface area contributed by atoms with Crippen LogP contribution in [0.5, 0.6) is 0 Å². The summed E-state index contributed by atoms with van der Waals surface area (Å²) in [6.45, 7) is 1.22. The van der Waals surface area contributed by atoms with Crippen LogP contribution >= 0.6 is 24.8 Å². The van der Waals surface area contributed by atoms with Crippen LogP contribution < -0.4 is 5.73 Å². The summed E-state index contributed by atoms with van der Waals surface area (Å²) in [5.41, 5.74) is 6.79. The smallest absolute Gasteiger partial charge is 0.229 e. The van der Waals surface area contributed by atoms with Gasteiger partial charge in [0.2, 0.25) is 5.91 Å². The van der Waals surface area contributed by atoms with Gasteiger partial charge in [-0.15, -0.1) is 24.8 Å². The Bertz CT molecular complexity index is 422. The van der Waals surface area contributed by atoms with Crippen LogP contribution in [0.2, 0.25) is 0 Å². The van der Waals surface area contributed by atoms with Gasteiger partial charge in [-0.2, -0.15) is 0 Å². The lowest BCUT2D eigenvalue weighted by molar-refractivity contribution is -0.140. The maximum absolute atomic E-state index is 12.6. The molecule has 0 aliphatic heterocycles. The van der Waals surface area contributed by atoms with E-state index in [0.717, 1.165) is 38.6 Å². The number of carbonyl (C=O) groups excluding carboxylic acids is 1. The van der Waals surface area contributed by atoms with Crippen molar-refractivity contribution in [3.05, 3.63) is 30.1 Å². The number of likely N-dealkylation sites (N-methyl/N-ethyl adjacent to an activating group) is 1. The monoisotopic (exact) mass is 333 g/mol. The first-order valence-electron chi connectivity index (χ1n) is 7.02. The third kappa shape index (κ3) is 4.83. The van der Waals surface area contributed by atoms with Gasteiger partial charge in [0.05, 0.1) is 5.41 Å². The molecule has 0 bridgehead atoms. The largest absolute Gasteiger partial charge is 0.345 e. The number of carbonyl (C=O) groups is 1. The van der Waals surface area contributed by atoms with Crippen molar-refractivity contribution in [1.82, 2.24) is 9.88 Å². The third-order valence-electron chi connectivity index (χ3n) is 4.24. The van der Waals surface area contributed by atoms with E-state index in [1.165, 1.54) is 5.56 Å². The Labute approximate surface area is 139 Å². The van der Waals surface area contributed by atoms with Gasteiger partial charge in [0.15, 0.2) is 0 Å². The second kappa shape index (κ2) is 9.23. The van der Waals surface area contributed by atoms with Gasteiger partial charge >= 0.3 is 0 Å². The summed E-state index contributed by atoms with van der Waals surface area (Å²) in [6, 6.07) is 3.99. The maximum atomic E-state index is 12.6. The van der Waals surface area contributed by atoms with Gasteiger partial charge in [-0.3, -0.25) is 9.78 Å². The molecular weight excluding hydrogens is 309 g/mol. The average molecular weight is 334 g/mol. The summed E-state index contributed by atoms with van der Waals surface area (Å²) < 4.78 is 0. The zero-order valence-electron chi connectivity index (χ0n) is 12.5. The molecule has 2 N–H and O–H groups in total. The van der Waals surface area contributed by atoms with Crippen molar-refractivity contribution in [1.29, 1.82) is 0 Å². The van der Waals surface area contributed by atoms with Crippen molar-refractivity contribution in [3.8, 4) is 0 Å². The number of halogens is 2. The standard InChI is InChI=1S/C15H23N3O.2ClH/c1-18(11-6-13-4-9-17-10-5-13)14(19)15(12-16)7-2-3-8-15;;/h4-5,9-10H,2-3,6-8,11-12,16H2,1H3;2*1H. The van der Waals surface area contributed by atoms with Gasteiger partial charge < -0.3 is 10.6 Å². The zero-order valence-corrected chi connectivity index (χ0v) is 14.1. The molecule has 4 nitrogen and oxygen atoms in total. The lowest BCUT2D eigenvalue weighted by Gasteiger charge is -2.31. The van der Waals surface area contributed by atoms with Crippen LogP contribution in [0.25, 0.3) is 0 Å². The van der Waals surface area contributed by atoms with E-state index in [4.69, 9.17) is 5.73 Å². The van der Waals surface area contributed by atoms with Gasteiger partial charge in [0, 0.05) is 32.5 Å². The zero-order chi connectivity index (χ0) is 13.7. The minimum atomic E-state index is -0.285. The molecule has 0 unspecified atom stereocenters. The molecule has 1 aliphatic carbocycles. The molecule has 1 aromatic heterocycles. The summed E-state index contributed by atoms with van der Waals surface area (Å²) in [5, 5.41) is 0. The van der Waals surface area contributed by atoms with Crippen molar-refractivity contribution in [2.24, 2.45) is 11.1 Å². The highest BCUT2D eigenvalue weighted by molar-refractivity contribution is 5.85. The highest BCUT2D eigenvalue weighted by Crippen LogP contribution is 2.38. The number of rotatable bonds is 5. The molecule has 120 valence electrons. The Kier molecular flexibility index (Phi) is 8.86. The van der Waals surface area contributed by atoms with Gasteiger partial charge in [-0.1, -0.05) is 12.8 Å². The predicted octanol–water partition coefficient (Wildman–Crippen LogP) is 2.45. The van der Waals surface area contributed by atoms with Crippen molar-refractivity contribution >= 4 is 30.7 Å². The SMILES string of the molecule is CN(CCc1ccncc1)C(=O)C1(CN)CCCC1.Cl.Cl. The van der Waals surface area contributed by atoms with Crippen molar-refractivity contribution < 1.29 is 4.79 Å². The molecule has 0 spiro atoms. The van der Waals surface area contributed by atoms with E-state index in [1.807, 2.05) is 24.1 Å². The molecule has 0 atom stereocenters. The Morgan fingerprint density at radius 2 is 1.86 bits per heavy atom. The van der Waals surface area contributed by atoms with Gasteiger partial charge in [-0.25, -0.2) is 0 Å². The van der Waals surface area contributed by atoms with Crippen molar-refractivity contribution in [2.45, 2.75) is 32.1 Å². The van der Waals surface area contributed by atoms with Crippen LogP contribution in [0.15, 0.2) is 24.5 Å². The molecule has 6 heteroatoms. The van der Waals surface area contributed by atoms with E-state index >= 15 is 0 Å². The summed E-state index contributed by atoms with van der Waals surface area (Å²) in [7, 11) is 1.89. The molecule has 1 fully saturated rings. The summed E-state index contributed by atoms with van der Waals surface area (Å²) in [4.78, 5) is 18.4. The number of nitrogens with two attached hydrogens (primary N) is 1. The number of pyridine rings is 1. The molecular formula is C15H25Cl2N3O. The number of hydrogen-bond donors (Lipinski definition) is 1. The van der Waals surface area contributed by atoms with Gasteiger partial charge in [0.25, 0.3) is 0 Å². The van der Waals surface area contributed by atoms with Crippen LogP contribution in [0.4, 0.5) is 0 Å². The molecule has 2 rings (SSSR count). The fourth-order valence-electron chi connectivity index (χ4n) is 2.91. The second-order valence-electron chi connectivity index (χ2n) is 5.52. The van der Waals surface area contributed by atoms with Crippen molar-refractivity contribution in [3.63, 3.8) is 0 Å². The van der Waals surface area contributed by atoms with Crippen LogP contribution in [0.3, 0.4) is 0 Å². The fourth-order valence-corrected chi connectivity index (χ4v) is 2.91. The predicted molar refractivity (Wildman–Crippen MR) is 90.0 cm³/mol. The first-order valence-corrected chi connectivity index (χ1v) is 7.02. The Balaban J connectivity index is 0.00000200. The molecule has 0 radical (unpaired) electrons. The first-order chi connectivity index (χ1) is 9.18. The maximum Gasteiger partial charge on any atom is 0.229 e. The Hall–Kier alpha value is -0.840. The quantitative estimate of drug-likeness (QED) is 0.900. The molecule has 21 heavy (non-hydrogen) atoms. The minimum Gasteiger partial charge on any atom is -0.345 e. The number of nitrogens with zero attached hydrogens (tertiary/aromatic N) is 2. The molecule has 1 aliphatic rings. The van der Waals surface area contributed by atoms with E-state index in [1.54, 1.807) is 12.4 Å². The van der Waals surface area contributed by atoms with Gasteiger partial charge in [0.1, 0.15) is 0 Å². The number of amides is 1. The molecule has 1 saturated carbocycles. The molecule has 1 amide bonds. The average Bonchev–Trinajstić information content (AvgIpc) is 2.95. The second-order valence-corrected chi connectivity index (χ2v) is 5.52. The molecule has 0 saturated heterocycles. The van der Waals surface area contributed by atoms with E-state index in [-0.39, 0.29) is 36.1 Å². The Morgan fingerprint density at radius 3 is 2.38 bits per heavy atom. The Morgan fingerprint density at radius 1 is 1.29 bits per heavy atom. The van der Waals surface area contributed by atoms with Crippen molar-refractivity contribution in [2.75, 3.05) is 20.1 Å². The van der Waals surface area contributed by atoms with E-state index in [9.17, 15) is 4.79 Å². The lowest BCUT2D eigenvalue weighted by atomic mass is 9.84. The number of aromatic nitrogens is 1. The summed E-state index contributed by atoms with van der Waals surface area (Å²) in [5.74, 6) is 0.224. The fraction of sp³-hybridized carbons (Fsp3) is 0.600. The molecule has 0 aromatic carbocycles. The first kappa shape index (κ1) is 20.2. The lowest BCUT2D eigenvalue weighted by Crippen LogP contribution is -2.45. The normalized spacial score (nSPS) is 15.7. The summed E-state index contributed by atoms with van der Waals surface area (Å²) >= 11 is 0. The summed E-state index contributed by atoms with van der Waals surface area (Å²) in [6.07, 6.45) is 8.59. The topological polar surface area (TPSA) is 59.2 Å². The number of hydrogen-bond acceptors (Lipinski definition) is 3. The minimum absolute atomic E-state index is 0. The van der Waals surface area contributed by atoms with E-state index in [0.29, 0.717) is 6.54 Å². The van der Waals surface area contributed by atoms with Crippen LogP contribution in [0, 0.1) is 5.41 Å². The highest BCUT2D eigenvalue weighted by Gasteiger charge is 2.41. The van der Waals surface area contributed by atoms with E-state index in [2.05, 4.69) is 4.98 Å². The highest BCUT2D eigenvalue weighted by atomic mass is 35.5. The van der Waals surface area contributed by atoms with Crippen LogP contribution in [-0.2, 0) is 11.2 Å². The van der Waals surface area contributed by atoms with Crippen LogP contribution in [-0.4, -0.2) is 35.9 Å².